The summed E-state index contributed by atoms with van der Waals surface area (Å²) in [5.41, 5.74) is 3.97. The second-order valence-electron chi connectivity index (χ2n) is 9.82. The Hall–Kier alpha value is -2.75. The lowest BCUT2D eigenvalue weighted by Gasteiger charge is -2.50. The van der Waals surface area contributed by atoms with Gasteiger partial charge in [0.15, 0.2) is 11.5 Å². The minimum absolute atomic E-state index is 0.0145. The lowest BCUT2D eigenvalue weighted by atomic mass is 9.81. The standard InChI is InChI=1S/C25H36N6O3S/c1-17(2)15-26-21(32)13-14-30-23(34)19-11-7-8-12-20(19)31-24(30)27-28-25(31)35-16-22(33)29(3)18-9-5-4-6-10-18/h4-6,9-10,17,19-20,24,27H,7-8,11-16H2,1-3H3,(H,26,32). The van der Waals surface area contributed by atoms with Gasteiger partial charge >= 0.3 is 0 Å². The van der Waals surface area contributed by atoms with Gasteiger partial charge in [0.2, 0.25) is 17.7 Å². The summed E-state index contributed by atoms with van der Waals surface area (Å²) in [6.07, 6.45) is 3.71. The third-order valence-corrected chi connectivity index (χ3v) is 7.82. The number of para-hydroxylation sites is 1. The maximum atomic E-state index is 13.4. The molecule has 9 nitrogen and oxygen atoms in total. The number of nitrogens with zero attached hydrogens (tertiary/aromatic N) is 4. The Morgan fingerprint density at radius 2 is 1.97 bits per heavy atom. The average molecular weight is 501 g/mol. The zero-order valence-electron chi connectivity index (χ0n) is 20.8. The first-order valence-corrected chi connectivity index (χ1v) is 13.5. The average Bonchev–Trinajstić information content (AvgIpc) is 3.30. The van der Waals surface area contributed by atoms with Crippen molar-refractivity contribution < 1.29 is 14.4 Å². The largest absolute Gasteiger partial charge is 0.356 e. The maximum absolute atomic E-state index is 13.4. The van der Waals surface area contributed by atoms with Gasteiger partial charge in [-0.3, -0.25) is 19.8 Å². The van der Waals surface area contributed by atoms with E-state index in [0.29, 0.717) is 19.0 Å². The lowest BCUT2D eigenvalue weighted by molar-refractivity contribution is -0.155. The molecule has 2 N–H and O–H groups in total. The quantitative estimate of drug-likeness (QED) is 0.569. The Kier molecular flexibility index (Phi) is 8.20. The third-order valence-electron chi connectivity index (χ3n) is 6.87. The molecular formula is C25H36N6O3S. The molecule has 1 aromatic carbocycles. The summed E-state index contributed by atoms with van der Waals surface area (Å²) in [6, 6.07) is 9.63. The van der Waals surface area contributed by atoms with Crippen molar-refractivity contribution in [3.05, 3.63) is 30.3 Å². The predicted molar refractivity (Wildman–Crippen MR) is 138 cm³/mol. The summed E-state index contributed by atoms with van der Waals surface area (Å²) >= 11 is 1.40. The molecule has 0 radical (unpaired) electrons. The van der Waals surface area contributed by atoms with Crippen LogP contribution in [0.1, 0.15) is 46.0 Å². The second kappa shape index (κ2) is 11.3. The molecule has 0 bridgehead atoms. The number of carbonyl (C=O) groups excluding carboxylic acids is 3. The van der Waals surface area contributed by atoms with Crippen LogP contribution < -0.4 is 15.6 Å². The molecule has 35 heavy (non-hydrogen) atoms. The fourth-order valence-electron chi connectivity index (χ4n) is 4.93. The Morgan fingerprint density at radius 1 is 1.23 bits per heavy atom. The number of amides is 3. The summed E-state index contributed by atoms with van der Waals surface area (Å²) in [5, 5.41) is 8.21. The van der Waals surface area contributed by atoms with E-state index in [1.54, 1.807) is 16.8 Å². The van der Waals surface area contributed by atoms with Gasteiger partial charge in [-0.25, -0.2) is 0 Å². The molecule has 1 aliphatic carbocycles. The van der Waals surface area contributed by atoms with Crippen molar-refractivity contribution in [1.29, 1.82) is 0 Å². The number of thioether (sulfide) groups is 1. The zero-order chi connectivity index (χ0) is 24.9. The van der Waals surface area contributed by atoms with Gasteiger partial charge in [0.05, 0.1) is 11.7 Å². The molecule has 2 aliphatic heterocycles. The fraction of sp³-hybridized carbons (Fsp3) is 0.600. The highest BCUT2D eigenvalue weighted by atomic mass is 32.2. The highest BCUT2D eigenvalue weighted by Crippen LogP contribution is 2.38. The van der Waals surface area contributed by atoms with Crippen LogP contribution in [-0.2, 0) is 14.4 Å². The van der Waals surface area contributed by atoms with Gasteiger partial charge in [-0.05, 0) is 30.9 Å². The van der Waals surface area contributed by atoms with E-state index in [9.17, 15) is 14.4 Å². The van der Waals surface area contributed by atoms with Gasteiger partial charge in [0.25, 0.3) is 0 Å². The molecule has 1 aromatic rings. The van der Waals surface area contributed by atoms with Crippen LogP contribution in [0.3, 0.4) is 0 Å². The number of hydrogen-bond donors (Lipinski definition) is 2. The highest BCUT2D eigenvalue weighted by Gasteiger charge is 2.51. The van der Waals surface area contributed by atoms with Crippen LogP contribution in [0.5, 0.6) is 0 Å². The first kappa shape index (κ1) is 25.3. The molecule has 190 valence electrons. The lowest BCUT2D eigenvalue weighted by Crippen LogP contribution is -2.67. The first-order chi connectivity index (χ1) is 16.9. The summed E-state index contributed by atoms with van der Waals surface area (Å²) in [5.74, 6) is 0.555. The monoisotopic (exact) mass is 500 g/mol. The van der Waals surface area contributed by atoms with Crippen LogP contribution in [0.25, 0.3) is 0 Å². The Bertz CT molecular complexity index is 956. The predicted octanol–water partition coefficient (Wildman–Crippen LogP) is 2.41. The van der Waals surface area contributed by atoms with Crippen molar-refractivity contribution in [1.82, 2.24) is 20.5 Å². The third kappa shape index (κ3) is 5.74. The van der Waals surface area contributed by atoms with Crippen molar-refractivity contribution >= 4 is 40.3 Å². The molecule has 0 aromatic heterocycles. The molecule has 1 saturated carbocycles. The fourth-order valence-corrected chi connectivity index (χ4v) is 5.88. The zero-order valence-corrected chi connectivity index (χ0v) is 21.6. The van der Waals surface area contributed by atoms with E-state index in [1.807, 2.05) is 30.3 Å². The van der Waals surface area contributed by atoms with Gasteiger partial charge in [0, 0.05) is 38.3 Å². The van der Waals surface area contributed by atoms with Crippen LogP contribution in [-0.4, -0.2) is 70.9 Å². The number of nitrogens with one attached hydrogen (secondary N) is 2. The smallest absolute Gasteiger partial charge is 0.237 e. The summed E-state index contributed by atoms with van der Waals surface area (Å²) in [4.78, 5) is 44.2. The van der Waals surface area contributed by atoms with Gasteiger partial charge in [0.1, 0.15) is 0 Å². The van der Waals surface area contributed by atoms with E-state index in [4.69, 9.17) is 0 Å². The van der Waals surface area contributed by atoms with Gasteiger partial charge < -0.3 is 20.0 Å². The topological polar surface area (TPSA) is 97.3 Å². The van der Waals surface area contributed by atoms with E-state index in [0.717, 1.165) is 36.5 Å². The number of carbonyl (C=O) groups is 3. The number of fused-ring (bicyclic) bond motifs is 3. The molecule has 3 unspecified atom stereocenters. The molecule has 2 fully saturated rings. The summed E-state index contributed by atoms with van der Waals surface area (Å²) < 4.78 is 0. The first-order valence-electron chi connectivity index (χ1n) is 12.5. The number of hydrazone groups is 1. The molecule has 2 heterocycles. The number of rotatable bonds is 8. The van der Waals surface area contributed by atoms with Crippen LogP contribution in [0.15, 0.2) is 35.4 Å². The number of amidine groups is 1. The molecule has 3 amide bonds. The molecule has 10 heteroatoms. The van der Waals surface area contributed by atoms with Gasteiger partial charge in [-0.1, -0.05) is 56.7 Å². The van der Waals surface area contributed by atoms with E-state index in [-0.39, 0.29) is 41.9 Å². The molecule has 3 atom stereocenters. The molecule has 1 saturated heterocycles. The number of benzene rings is 1. The normalized spacial score (nSPS) is 23.4. The number of anilines is 1. The minimum Gasteiger partial charge on any atom is -0.356 e. The maximum Gasteiger partial charge on any atom is 0.237 e. The van der Waals surface area contributed by atoms with Crippen LogP contribution in [0.2, 0.25) is 0 Å². The van der Waals surface area contributed by atoms with Crippen molar-refractivity contribution in [2.24, 2.45) is 16.9 Å². The Labute approximate surface area is 211 Å². The Morgan fingerprint density at radius 3 is 2.71 bits per heavy atom. The second-order valence-corrected chi connectivity index (χ2v) is 10.8. The van der Waals surface area contributed by atoms with E-state index >= 15 is 0 Å². The van der Waals surface area contributed by atoms with Crippen LogP contribution in [0, 0.1) is 11.8 Å². The van der Waals surface area contributed by atoms with Crippen LogP contribution in [0.4, 0.5) is 5.69 Å². The highest BCUT2D eigenvalue weighted by molar-refractivity contribution is 8.14. The van der Waals surface area contributed by atoms with Gasteiger partial charge in [-0.15, -0.1) is 0 Å². The molecular weight excluding hydrogens is 464 g/mol. The summed E-state index contributed by atoms with van der Waals surface area (Å²) in [6.45, 7) is 5.07. The van der Waals surface area contributed by atoms with Crippen molar-refractivity contribution in [2.45, 2.75) is 58.3 Å². The minimum atomic E-state index is -0.413. The van der Waals surface area contributed by atoms with Crippen LogP contribution >= 0.6 is 11.8 Å². The Balaban J connectivity index is 1.42. The summed E-state index contributed by atoms with van der Waals surface area (Å²) in [7, 11) is 1.78. The molecule has 4 rings (SSSR count). The van der Waals surface area contributed by atoms with Crippen molar-refractivity contribution in [3.8, 4) is 0 Å². The van der Waals surface area contributed by atoms with Crippen molar-refractivity contribution in [2.75, 3.05) is 30.8 Å². The van der Waals surface area contributed by atoms with E-state index in [1.165, 1.54) is 11.8 Å². The molecule has 3 aliphatic rings. The van der Waals surface area contributed by atoms with Gasteiger partial charge in [-0.2, -0.15) is 5.10 Å². The SMILES string of the molecule is CC(C)CNC(=O)CCN1C(=O)C2CCCCC2N2C(SCC(=O)N(C)c3ccccc3)=NNC12. The van der Waals surface area contributed by atoms with E-state index in [2.05, 4.69) is 34.6 Å². The van der Waals surface area contributed by atoms with Crippen molar-refractivity contribution in [3.63, 3.8) is 0 Å². The molecule has 0 spiro atoms. The number of hydrogen-bond acceptors (Lipinski definition) is 7. The van der Waals surface area contributed by atoms with E-state index < -0.39 is 6.29 Å².